The second kappa shape index (κ2) is 12.5. The summed E-state index contributed by atoms with van der Waals surface area (Å²) in [6.07, 6.45) is 3.09. The number of nitrogens with two attached hydrogens (primary N) is 1. The Morgan fingerprint density at radius 3 is 2.62 bits per heavy atom. The van der Waals surface area contributed by atoms with E-state index in [-0.39, 0.29) is 18.2 Å². The molecule has 4 unspecified atom stereocenters. The van der Waals surface area contributed by atoms with Crippen LogP contribution in [0.5, 0.6) is 0 Å². The van der Waals surface area contributed by atoms with Crippen molar-refractivity contribution < 1.29 is 9.53 Å². The van der Waals surface area contributed by atoms with Crippen LogP contribution in [0.25, 0.3) is 0 Å². The van der Waals surface area contributed by atoms with Crippen molar-refractivity contribution in [2.45, 2.75) is 51.3 Å². The molecule has 0 bridgehead atoms. The predicted octanol–water partition coefficient (Wildman–Crippen LogP) is 2.46. The van der Waals surface area contributed by atoms with Crippen LogP contribution in [0.15, 0.2) is 30.3 Å². The number of benzene rings is 1. The summed E-state index contributed by atoms with van der Waals surface area (Å²) in [6.45, 7) is 5.68. The van der Waals surface area contributed by atoms with E-state index in [0.29, 0.717) is 24.7 Å². The third-order valence-corrected chi connectivity index (χ3v) is 4.85. The molecule has 0 aliphatic rings. The fourth-order valence-electron chi connectivity index (χ4n) is 2.51. The highest BCUT2D eigenvalue weighted by Gasteiger charge is 2.19. The molecule has 0 saturated carbocycles. The molecule has 4 nitrogen and oxygen atoms in total. The molecule has 4 atom stereocenters. The number of aldehydes is 1. The molecule has 0 aliphatic heterocycles. The molecule has 5 heteroatoms. The average molecular weight is 353 g/mol. The third-order valence-electron chi connectivity index (χ3n) is 4.38. The summed E-state index contributed by atoms with van der Waals surface area (Å²) in [5.41, 5.74) is 7.13. The lowest BCUT2D eigenvalue weighted by Crippen LogP contribution is -2.46. The second-order valence-electron chi connectivity index (χ2n) is 6.39. The maximum Gasteiger partial charge on any atom is 0.122 e. The summed E-state index contributed by atoms with van der Waals surface area (Å²) < 4.78 is 6.08. The topological polar surface area (TPSA) is 64.3 Å². The molecule has 1 rings (SSSR count). The van der Waals surface area contributed by atoms with E-state index in [9.17, 15) is 4.79 Å². The summed E-state index contributed by atoms with van der Waals surface area (Å²) in [5.74, 6) is 1.13. The van der Waals surface area contributed by atoms with Crippen LogP contribution in [0, 0.1) is 5.92 Å². The zero-order chi connectivity index (χ0) is 17.8. The lowest BCUT2D eigenvalue weighted by Gasteiger charge is -2.27. The van der Waals surface area contributed by atoms with E-state index < -0.39 is 0 Å². The number of hydrogen-bond acceptors (Lipinski definition) is 5. The van der Waals surface area contributed by atoms with Crippen LogP contribution >= 0.6 is 12.6 Å². The van der Waals surface area contributed by atoms with Gasteiger partial charge >= 0.3 is 0 Å². The van der Waals surface area contributed by atoms with Crippen molar-refractivity contribution in [1.29, 1.82) is 0 Å². The van der Waals surface area contributed by atoms with Gasteiger partial charge in [0.05, 0.1) is 12.7 Å². The first-order valence-corrected chi connectivity index (χ1v) is 9.42. The van der Waals surface area contributed by atoms with Gasteiger partial charge in [0.15, 0.2) is 0 Å². The van der Waals surface area contributed by atoms with Crippen LogP contribution in [0.3, 0.4) is 0 Å². The van der Waals surface area contributed by atoms with Gasteiger partial charge in [-0.3, -0.25) is 0 Å². The summed E-state index contributed by atoms with van der Waals surface area (Å²) in [6, 6.07) is 10.4. The fraction of sp³-hybridized carbons (Fsp3) is 0.632. The average Bonchev–Trinajstić information content (AvgIpc) is 2.61. The summed E-state index contributed by atoms with van der Waals surface area (Å²) >= 11 is 4.23. The summed E-state index contributed by atoms with van der Waals surface area (Å²) in [7, 11) is 0. The Hall–Kier alpha value is -0.880. The van der Waals surface area contributed by atoms with Crippen molar-refractivity contribution in [1.82, 2.24) is 5.32 Å². The van der Waals surface area contributed by atoms with Gasteiger partial charge in [-0.25, -0.2) is 0 Å². The molecular formula is C19H32N2O2S. The first-order chi connectivity index (χ1) is 11.6. The van der Waals surface area contributed by atoms with E-state index in [1.165, 1.54) is 5.56 Å². The van der Waals surface area contributed by atoms with E-state index in [1.807, 2.05) is 18.2 Å². The molecule has 1 aromatic carbocycles. The van der Waals surface area contributed by atoms with E-state index in [2.05, 4.69) is 43.9 Å². The largest absolute Gasteiger partial charge is 0.376 e. The predicted molar refractivity (Wildman–Crippen MR) is 104 cm³/mol. The van der Waals surface area contributed by atoms with E-state index in [1.54, 1.807) is 0 Å². The Morgan fingerprint density at radius 2 is 2.04 bits per heavy atom. The smallest absolute Gasteiger partial charge is 0.122 e. The van der Waals surface area contributed by atoms with Crippen molar-refractivity contribution in [2.24, 2.45) is 11.7 Å². The highest BCUT2D eigenvalue weighted by molar-refractivity contribution is 7.80. The molecule has 0 aliphatic carbocycles. The zero-order valence-electron chi connectivity index (χ0n) is 14.9. The number of hydrogen-bond donors (Lipinski definition) is 3. The Balaban J connectivity index is 2.57. The SMILES string of the molecule is CCC(C)C(COC(CC=O)Cc1ccccc1)NCC(N)CS. The first kappa shape index (κ1) is 21.2. The van der Waals surface area contributed by atoms with Gasteiger partial charge in [0.1, 0.15) is 6.29 Å². The zero-order valence-corrected chi connectivity index (χ0v) is 15.8. The number of rotatable bonds is 13. The van der Waals surface area contributed by atoms with Crippen LogP contribution in [0.4, 0.5) is 0 Å². The highest BCUT2D eigenvalue weighted by Crippen LogP contribution is 2.13. The molecule has 0 radical (unpaired) electrons. The molecule has 136 valence electrons. The maximum atomic E-state index is 11.0. The lowest BCUT2D eigenvalue weighted by atomic mass is 9.99. The van der Waals surface area contributed by atoms with Gasteiger partial charge in [-0.1, -0.05) is 50.6 Å². The van der Waals surface area contributed by atoms with Crippen LogP contribution in [-0.4, -0.2) is 43.4 Å². The molecule has 0 amide bonds. The van der Waals surface area contributed by atoms with Crippen molar-refractivity contribution in [3.05, 3.63) is 35.9 Å². The molecular weight excluding hydrogens is 320 g/mol. The van der Waals surface area contributed by atoms with Crippen LogP contribution in [0.2, 0.25) is 0 Å². The van der Waals surface area contributed by atoms with Crippen molar-refractivity contribution in [3.8, 4) is 0 Å². The third kappa shape index (κ3) is 8.29. The van der Waals surface area contributed by atoms with Gasteiger partial charge in [0.2, 0.25) is 0 Å². The number of carbonyl (C=O) groups is 1. The minimum atomic E-state index is -0.0863. The normalized spacial score (nSPS) is 16.3. The Labute approximate surface area is 151 Å². The van der Waals surface area contributed by atoms with E-state index in [0.717, 1.165) is 25.7 Å². The summed E-state index contributed by atoms with van der Waals surface area (Å²) in [5, 5.41) is 3.50. The molecule has 0 heterocycles. The number of thiol groups is 1. The monoisotopic (exact) mass is 352 g/mol. The van der Waals surface area contributed by atoms with Gasteiger partial charge in [-0.2, -0.15) is 12.6 Å². The highest BCUT2D eigenvalue weighted by atomic mass is 32.1. The molecule has 1 aromatic rings. The molecule has 24 heavy (non-hydrogen) atoms. The number of carbonyl (C=O) groups excluding carboxylic acids is 1. The standard InChI is InChI=1S/C19H32N2O2S/c1-3-15(2)19(21-12-17(20)14-24)13-23-18(9-10-22)11-16-7-5-4-6-8-16/h4-8,10,15,17-19,21,24H,3,9,11-14,20H2,1-2H3. The Morgan fingerprint density at radius 1 is 1.33 bits per heavy atom. The number of nitrogens with one attached hydrogen (secondary N) is 1. The number of ether oxygens (including phenoxy) is 1. The van der Waals surface area contributed by atoms with E-state index in [4.69, 9.17) is 10.5 Å². The molecule has 0 aromatic heterocycles. The lowest BCUT2D eigenvalue weighted by molar-refractivity contribution is -0.110. The van der Waals surface area contributed by atoms with Gasteiger partial charge in [0, 0.05) is 30.8 Å². The fourth-order valence-corrected chi connectivity index (χ4v) is 2.64. The van der Waals surface area contributed by atoms with Crippen LogP contribution in [0.1, 0.15) is 32.3 Å². The maximum absolute atomic E-state index is 11.0. The van der Waals surface area contributed by atoms with Gasteiger partial charge < -0.3 is 20.6 Å². The van der Waals surface area contributed by atoms with Crippen LogP contribution < -0.4 is 11.1 Å². The Kier molecular flexibility index (Phi) is 11.0. The molecule has 3 N–H and O–H groups in total. The minimum absolute atomic E-state index is 0.0370. The van der Waals surface area contributed by atoms with Gasteiger partial charge in [-0.15, -0.1) is 0 Å². The molecule has 0 saturated heterocycles. The van der Waals surface area contributed by atoms with Crippen molar-refractivity contribution in [2.75, 3.05) is 18.9 Å². The molecule has 0 spiro atoms. The summed E-state index contributed by atoms with van der Waals surface area (Å²) in [4.78, 5) is 11.0. The van der Waals surface area contributed by atoms with Crippen molar-refractivity contribution >= 4 is 18.9 Å². The van der Waals surface area contributed by atoms with E-state index >= 15 is 0 Å². The quantitative estimate of drug-likeness (QED) is 0.377. The van der Waals surface area contributed by atoms with Gasteiger partial charge in [-0.05, 0) is 17.9 Å². The Bertz CT molecular complexity index is 444. The van der Waals surface area contributed by atoms with Crippen molar-refractivity contribution in [3.63, 3.8) is 0 Å². The van der Waals surface area contributed by atoms with Crippen LogP contribution in [-0.2, 0) is 16.0 Å². The van der Waals surface area contributed by atoms with Gasteiger partial charge in [0.25, 0.3) is 0 Å². The first-order valence-electron chi connectivity index (χ1n) is 8.79. The molecule has 0 fully saturated rings. The minimum Gasteiger partial charge on any atom is -0.376 e. The second-order valence-corrected chi connectivity index (χ2v) is 6.76.